The van der Waals surface area contributed by atoms with Crippen LogP contribution in [0.15, 0.2) is 22.6 Å². The fourth-order valence-electron chi connectivity index (χ4n) is 2.52. The average molecular weight is 216 g/mol. The maximum atomic E-state index is 5.92. The van der Waals surface area contributed by atoms with Gasteiger partial charge in [0, 0.05) is 12.0 Å². The normalized spacial score (nSPS) is 25.4. The molecule has 2 N–H and O–H groups in total. The van der Waals surface area contributed by atoms with Crippen LogP contribution in [-0.4, -0.2) is 11.0 Å². The first kappa shape index (κ1) is 9.85. The molecule has 0 bridgehead atoms. The lowest BCUT2D eigenvalue weighted by Crippen LogP contribution is -2.14. The Morgan fingerprint density at radius 3 is 2.94 bits per heavy atom. The van der Waals surface area contributed by atoms with E-state index in [1.807, 2.05) is 12.1 Å². The van der Waals surface area contributed by atoms with E-state index in [0.717, 1.165) is 36.3 Å². The molecule has 0 radical (unpaired) electrons. The molecule has 1 aliphatic rings. The van der Waals surface area contributed by atoms with Gasteiger partial charge in [-0.2, -0.15) is 0 Å². The monoisotopic (exact) mass is 216 g/mol. The number of benzene rings is 1. The number of aromatic nitrogens is 1. The topological polar surface area (TPSA) is 52.0 Å². The van der Waals surface area contributed by atoms with E-state index < -0.39 is 0 Å². The van der Waals surface area contributed by atoms with Crippen LogP contribution >= 0.6 is 0 Å². The Hall–Kier alpha value is -1.35. The van der Waals surface area contributed by atoms with E-state index in [1.54, 1.807) is 0 Å². The molecule has 1 fully saturated rings. The highest BCUT2D eigenvalue weighted by molar-refractivity contribution is 5.76. The summed E-state index contributed by atoms with van der Waals surface area (Å²) < 4.78 is 5.81. The van der Waals surface area contributed by atoms with Crippen LogP contribution in [0, 0.1) is 6.92 Å². The number of fused-ring (bicyclic) bond motifs is 1. The van der Waals surface area contributed by atoms with Gasteiger partial charge >= 0.3 is 0 Å². The summed E-state index contributed by atoms with van der Waals surface area (Å²) >= 11 is 0. The Bertz CT molecular complexity index is 518. The predicted octanol–water partition coefficient (Wildman–Crippen LogP) is 2.73. The molecular formula is C13H16N2O. The summed E-state index contributed by atoms with van der Waals surface area (Å²) in [5.74, 6) is 1.29. The molecule has 16 heavy (non-hydrogen) atoms. The van der Waals surface area contributed by atoms with Crippen molar-refractivity contribution in [3.05, 3.63) is 29.7 Å². The van der Waals surface area contributed by atoms with Crippen LogP contribution < -0.4 is 5.73 Å². The van der Waals surface area contributed by atoms with Gasteiger partial charge < -0.3 is 10.2 Å². The van der Waals surface area contributed by atoms with E-state index >= 15 is 0 Å². The maximum absolute atomic E-state index is 5.92. The Morgan fingerprint density at radius 2 is 2.25 bits per heavy atom. The molecule has 84 valence electrons. The quantitative estimate of drug-likeness (QED) is 0.797. The van der Waals surface area contributed by atoms with E-state index in [0.29, 0.717) is 12.0 Å². The fourth-order valence-corrected chi connectivity index (χ4v) is 2.52. The van der Waals surface area contributed by atoms with Gasteiger partial charge in [-0.15, -0.1) is 0 Å². The number of hydrogen-bond acceptors (Lipinski definition) is 3. The van der Waals surface area contributed by atoms with Crippen molar-refractivity contribution in [3.63, 3.8) is 0 Å². The van der Waals surface area contributed by atoms with Crippen LogP contribution in [0.4, 0.5) is 0 Å². The lowest BCUT2D eigenvalue weighted by atomic mass is 10.1. The molecule has 1 aromatic carbocycles. The van der Waals surface area contributed by atoms with Gasteiger partial charge in [0.1, 0.15) is 5.52 Å². The number of hydrogen-bond donors (Lipinski definition) is 1. The van der Waals surface area contributed by atoms with E-state index in [-0.39, 0.29) is 0 Å². The lowest BCUT2D eigenvalue weighted by molar-refractivity contribution is 0.471. The van der Waals surface area contributed by atoms with E-state index in [4.69, 9.17) is 10.2 Å². The second kappa shape index (κ2) is 3.59. The summed E-state index contributed by atoms with van der Waals surface area (Å²) in [4.78, 5) is 4.61. The van der Waals surface area contributed by atoms with Gasteiger partial charge in [-0.1, -0.05) is 12.1 Å². The Balaban J connectivity index is 2.02. The molecular weight excluding hydrogens is 200 g/mol. The van der Waals surface area contributed by atoms with Crippen LogP contribution in [0.1, 0.15) is 36.6 Å². The van der Waals surface area contributed by atoms with E-state index in [2.05, 4.69) is 18.0 Å². The summed E-state index contributed by atoms with van der Waals surface area (Å²) in [6, 6.07) is 6.37. The molecule has 0 aliphatic heterocycles. The predicted molar refractivity (Wildman–Crippen MR) is 63.3 cm³/mol. The zero-order chi connectivity index (χ0) is 11.1. The number of para-hydroxylation sites is 1. The zero-order valence-corrected chi connectivity index (χ0v) is 9.44. The molecule has 2 unspecified atom stereocenters. The van der Waals surface area contributed by atoms with Crippen LogP contribution in [0.3, 0.4) is 0 Å². The summed E-state index contributed by atoms with van der Waals surface area (Å²) in [5.41, 5.74) is 8.99. The summed E-state index contributed by atoms with van der Waals surface area (Å²) in [5, 5.41) is 0. The molecule has 3 nitrogen and oxygen atoms in total. The Kier molecular flexibility index (Phi) is 2.21. The largest absolute Gasteiger partial charge is 0.440 e. The molecule has 1 aromatic heterocycles. The van der Waals surface area contributed by atoms with Crippen LogP contribution in [-0.2, 0) is 0 Å². The van der Waals surface area contributed by atoms with Crippen molar-refractivity contribution < 1.29 is 4.42 Å². The molecule has 2 atom stereocenters. The Morgan fingerprint density at radius 1 is 1.38 bits per heavy atom. The van der Waals surface area contributed by atoms with Crippen molar-refractivity contribution in [2.45, 2.75) is 38.1 Å². The number of rotatable bonds is 1. The SMILES string of the molecule is Cc1cccc2oc(C3CCC(N)C3)nc12. The van der Waals surface area contributed by atoms with E-state index in [1.165, 1.54) is 5.56 Å². The van der Waals surface area contributed by atoms with Gasteiger partial charge in [-0.05, 0) is 37.8 Å². The number of nitrogens with zero attached hydrogens (tertiary/aromatic N) is 1. The van der Waals surface area contributed by atoms with Crippen molar-refractivity contribution in [1.29, 1.82) is 0 Å². The first-order valence-electron chi connectivity index (χ1n) is 5.85. The highest BCUT2D eigenvalue weighted by Gasteiger charge is 2.27. The highest BCUT2D eigenvalue weighted by atomic mass is 16.3. The number of oxazole rings is 1. The molecule has 2 aromatic rings. The van der Waals surface area contributed by atoms with Crippen molar-refractivity contribution in [2.75, 3.05) is 0 Å². The third-order valence-electron chi connectivity index (χ3n) is 3.46. The molecule has 1 saturated carbocycles. The fraction of sp³-hybridized carbons (Fsp3) is 0.462. The molecule has 0 spiro atoms. The van der Waals surface area contributed by atoms with Gasteiger partial charge in [-0.3, -0.25) is 0 Å². The van der Waals surface area contributed by atoms with Gasteiger partial charge in [-0.25, -0.2) is 4.98 Å². The van der Waals surface area contributed by atoms with Crippen molar-refractivity contribution in [2.24, 2.45) is 5.73 Å². The lowest BCUT2D eigenvalue weighted by Gasteiger charge is -2.02. The third-order valence-corrected chi connectivity index (χ3v) is 3.46. The molecule has 0 saturated heterocycles. The van der Waals surface area contributed by atoms with Crippen LogP contribution in [0.2, 0.25) is 0 Å². The molecule has 1 heterocycles. The van der Waals surface area contributed by atoms with E-state index in [9.17, 15) is 0 Å². The number of nitrogens with two attached hydrogens (primary N) is 1. The second-order valence-electron chi connectivity index (χ2n) is 4.74. The van der Waals surface area contributed by atoms with Crippen LogP contribution in [0.5, 0.6) is 0 Å². The van der Waals surface area contributed by atoms with Crippen LogP contribution in [0.25, 0.3) is 11.1 Å². The van der Waals surface area contributed by atoms with Crippen molar-refractivity contribution in [3.8, 4) is 0 Å². The maximum Gasteiger partial charge on any atom is 0.198 e. The molecule has 0 amide bonds. The first-order valence-corrected chi connectivity index (χ1v) is 5.85. The van der Waals surface area contributed by atoms with Gasteiger partial charge in [0.05, 0.1) is 0 Å². The standard InChI is InChI=1S/C13H16N2O/c1-8-3-2-4-11-12(8)15-13(16-11)9-5-6-10(14)7-9/h2-4,9-10H,5-7,14H2,1H3. The Labute approximate surface area is 94.7 Å². The summed E-state index contributed by atoms with van der Waals surface area (Å²) in [6.07, 6.45) is 3.20. The molecule has 3 rings (SSSR count). The van der Waals surface area contributed by atoms with Gasteiger partial charge in [0.15, 0.2) is 11.5 Å². The van der Waals surface area contributed by atoms with Gasteiger partial charge in [0.25, 0.3) is 0 Å². The third kappa shape index (κ3) is 1.52. The first-order chi connectivity index (χ1) is 7.74. The highest BCUT2D eigenvalue weighted by Crippen LogP contribution is 2.34. The number of aryl methyl sites for hydroxylation is 1. The molecule has 1 aliphatic carbocycles. The minimum Gasteiger partial charge on any atom is -0.440 e. The van der Waals surface area contributed by atoms with Crippen molar-refractivity contribution in [1.82, 2.24) is 4.98 Å². The van der Waals surface area contributed by atoms with Gasteiger partial charge in [0.2, 0.25) is 0 Å². The summed E-state index contributed by atoms with van der Waals surface area (Å²) in [7, 11) is 0. The van der Waals surface area contributed by atoms with Crippen molar-refractivity contribution >= 4 is 11.1 Å². The second-order valence-corrected chi connectivity index (χ2v) is 4.74. The minimum absolute atomic E-state index is 0.320. The minimum atomic E-state index is 0.320. The average Bonchev–Trinajstić information content (AvgIpc) is 2.84. The zero-order valence-electron chi connectivity index (χ0n) is 9.44. The molecule has 3 heteroatoms. The smallest absolute Gasteiger partial charge is 0.198 e. The summed E-state index contributed by atoms with van der Waals surface area (Å²) in [6.45, 7) is 2.06.